The Labute approximate surface area is 201 Å². The summed E-state index contributed by atoms with van der Waals surface area (Å²) in [5.74, 6) is -1.24. The molecule has 4 rings (SSSR count). The van der Waals surface area contributed by atoms with Gasteiger partial charge in [0, 0.05) is 17.1 Å². The molecule has 0 aliphatic carbocycles. The number of thiophene rings is 1. The molecule has 2 aromatic carbocycles. The van der Waals surface area contributed by atoms with E-state index >= 15 is 0 Å². The Morgan fingerprint density at radius 3 is 2.48 bits per heavy atom. The van der Waals surface area contributed by atoms with Gasteiger partial charge in [-0.15, -0.1) is 11.3 Å². The third kappa shape index (κ3) is 5.03. The Hall–Kier alpha value is -2.55. The Morgan fingerprint density at radius 1 is 1.00 bits per heavy atom. The standard InChI is InChI=1S/C23H17Cl2F3N2O2S/c24-17-11-13(29-21(31)14-5-1-2-6-16(14)23(26,27)28)8-9-15(17)22(32)30-10-4-3-7-19-18(30)12-20(25)33-19/h1-2,5-6,8-9,11-12H,3-4,7,10H2,(H,29,31). The number of benzene rings is 2. The summed E-state index contributed by atoms with van der Waals surface area (Å²) in [6, 6.07) is 10.5. The van der Waals surface area contributed by atoms with Gasteiger partial charge < -0.3 is 10.2 Å². The van der Waals surface area contributed by atoms with Crippen molar-refractivity contribution in [1.29, 1.82) is 0 Å². The zero-order valence-corrected chi connectivity index (χ0v) is 19.3. The van der Waals surface area contributed by atoms with Gasteiger partial charge in [-0.2, -0.15) is 13.2 Å². The molecule has 4 nitrogen and oxygen atoms in total. The largest absolute Gasteiger partial charge is 0.417 e. The van der Waals surface area contributed by atoms with Crippen molar-refractivity contribution < 1.29 is 22.8 Å². The number of halogens is 5. The van der Waals surface area contributed by atoms with E-state index in [-0.39, 0.29) is 22.2 Å². The third-order valence-electron chi connectivity index (χ3n) is 5.26. The Balaban J connectivity index is 1.57. The summed E-state index contributed by atoms with van der Waals surface area (Å²) in [5, 5.41) is 2.50. The van der Waals surface area contributed by atoms with Gasteiger partial charge in [0.15, 0.2) is 0 Å². The predicted octanol–water partition coefficient (Wildman–Crippen LogP) is 7.31. The number of amides is 2. The lowest BCUT2D eigenvalue weighted by atomic mass is 10.1. The first kappa shape index (κ1) is 23.6. The van der Waals surface area contributed by atoms with Crippen molar-refractivity contribution in [3.8, 4) is 0 Å². The summed E-state index contributed by atoms with van der Waals surface area (Å²) < 4.78 is 40.2. The highest BCUT2D eigenvalue weighted by atomic mass is 35.5. The third-order valence-corrected chi connectivity index (χ3v) is 6.89. The molecular weight excluding hydrogens is 496 g/mol. The van der Waals surface area contributed by atoms with E-state index in [9.17, 15) is 22.8 Å². The fourth-order valence-electron chi connectivity index (χ4n) is 3.72. The molecule has 0 unspecified atom stereocenters. The van der Waals surface area contributed by atoms with Crippen LogP contribution < -0.4 is 10.2 Å². The zero-order chi connectivity index (χ0) is 23.8. The summed E-state index contributed by atoms with van der Waals surface area (Å²) in [6.45, 7) is 0.516. The molecule has 0 radical (unpaired) electrons. The van der Waals surface area contributed by atoms with Gasteiger partial charge in [0.05, 0.1) is 31.7 Å². The molecule has 0 bridgehead atoms. The maximum absolute atomic E-state index is 13.2. The number of aryl methyl sites for hydroxylation is 1. The highest BCUT2D eigenvalue weighted by molar-refractivity contribution is 7.16. The minimum Gasteiger partial charge on any atom is -0.322 e. The first-order valence-corrected chi connectivity index (χ1v) is 11.6. The summed E-state index contributed by atoms with van der Waals surface area (Å²) in [5.41, 5.74) is -0.376. The lowest BCUT2D eigenvalue weighted by Gasteiger charge is -2.22. The molecule has 1 aliphatic heterocycles. The number of hydrogen-bond acceptors (Lipinski definition) is 3. The lowest BCUT2D eigenvalue weighted by Crippen LogP contribution is -2.31. The molecule has 1 aromatic heterocycles. The van der Waals surface area contributed by atoms with Crippen LogP contribution in [0.15, 0.2) is 48.5 Å². The van der Waals surface area contributed by atoms with Crippen molar-refractivity contribution in [3.63, 3.8) is 0 Å². The zero-order valence-electron chi connectivity index (χ0n) is 17.0. The van der Waals surface area contributed by atoms with Crippen molar-refractivity contribution in [2.75, 3.05) is 16.8 Å². The molecule has 172 valence electrons. The number of rotatable bonds is 3. The number of fused-ring (bicyclic) bond motifs is 1. The van der Waals surface area contributed by atoms with Crippen LogP contribution in [0, 0.1) is 0 Å². The maximum Gasteiger partial charge on any atom is 0.417 e. The van der Waals surface area contributed by atoms with Crippen LogP contribution in [-0.4, -0.2) is 18.4 Å². The molecule has 0 saturated heterocycles. The monoisotopic (exact) mass is 512 g/mol. The van der Waals surface area contributed by atoms with Crippen LogP contribution in [0.1, 0.15) is 44.0 Å². The van der Waals surface area contributed by atoms with Crippen molar-refractivity contribution in [2.45, 2.75) is 25.4 Å². The van der Waals surface area contributed by atoms with Gasteiger partial charge in [-0.1, -0.05) is 35.3 Å². The summed E-state index contributed by atoms with van der Waals surface area (Å²) >= 11 is 13.9. The molecular formula is C23H17Cl2F3N2O2S. The van der Waals surface area contributed by atoms with Gasteiger partial charge >= 0.3 is 6.18 Å². The number of carbonyl (C=O) groups is 2. The number of alkyl halides is 3. The van der Waals surface area contributed by atoms with E-state index in [4.69, 9.17) is 23.2 Å². The SMILES string of the molecule is O=C(Nc1ccc(C(=O)N2CCCCc3sc(Cl)cc32)c(Cl)c1)c1ccccc1C(F)(F)F. The minimum atomic E-state index is -4.67. The topological polar surface area (TPSA) is 49.4 Å². The Kier molecular flexibility index (Phi) is 6.70. The number of nitrogens with one attached hydrogen (secondary N) is 1. The van der Waals surface area contributed by atoms with Crippen LogP contribution in [0.25, 0.3) is 0 Å². The molecule has 0 saturated carbocycles. The molecule has 1 N–H and O–H groups in total. The van der Waals surface area contributed by atoms with Crippen molar-refractivity contribution in [2.24, 2.45) is 0 Å². The van der Waals surface area contributed by atoms with E-state index in [2.05, 4.69) is 5.32 Å². The number of nitrogens with zero attached hydrogens (tertiary/aromatic N) is 1. The van der Waals surface area contributed by atoms with Gasteiger partial charge in [-0.05, 0) is 55.7 Å². The molecule has 0 fully saturated rings. The van der Waals surface area contributed by atoms with Crippen LogP contribution in [0.3, 0.4) is 0 Å². The van der Waals surface area contributed by atoms with Gasteiger partial charge in [0.1, 0.15) is 0 Å². The van der Waals surface area contributed by atoms with Gasteiger partial charge in [-0.3, -0.25) is 9.59 Å². The molecule has 0 atom stereocenters. The van der Waals surface area contributed by atoms with E-state index < -0.39 is 23.2 Å². The lowest BCUT2D eigenvalue weighted by molar-refractivity contribution is -0.137. The quantitative estimate of drug-likeness (QED) is 0.399. The Bertz CT molecular complexity index is 1230. The van der Waals surface area contributed by atoms with Crippen LogP contribution in [0.5, 0.6) is 0 Å². The van der Waals surface area contributed by atoms with Crippen molar-refractivity contribution in [3.05, 3.63) is 79.5 Å². The average Bonchev–Trinajstić information content (AvgIpc) is 3.01. The molecule has 0 spiro atoms. The first-order chi connectivity index (χ1) is 15.6. The number of hydrogen-bond donors (Lipinski definition) is 1. The van der Waals surface area contributed by atoms with Crippen LogP contribution >= 0.6 is 34.5 Å². The molecule has 33 heavy (non-hydrogen) atoms. The van der Waals surface area contributed by atoms with Crippen LogP contribution in [0.4, 0.5) is 24.5 Å². The minimum absolute atomic E-state index is 0.0778. The molecule has 10 heteroatoms. The van der Waals surface area contributed by atoms with Crippen LogP contribution in [0.2, 0.25) is 9.36 Å². The molecule has 1 aliphatic rings. The van der Waals surface area contributed by atoms with Gasteiger partial charge in [-0.25, -0.2) is 0 Å². The fourth-order valence-corrected chi connectivity index (χ4v) is 5.29. The molecule has 2 heterocycles. The van der Waals surface area contributed by atoms with Gasteiger partial charge in [0.2, 0.25) is 0 Å². The summed E-state index contributed by atoms with van der Waals surface area (Å²) in [7, 11) is 0. The summed E-state index contributed by atoms with van der Waals surface area (Å²) in [6.07, 6.45) is -2.06. The van der Waals surface area contributed by atoms with E-state index in [1.54, 1.807) is 11.0 Å². The van der Waals surface area contributed by atoms with Gasteiger partial charge in [0.25, 0.3) is 11.8 Å². The second kappa shape index (κ2) is 9.37. The fraction of sp³-hybridized carbons (Fsp3) is 0.217. The normalized spacial score (nSPS) is 13.9. The molecule has 3 aromatic rings. The highest BCUT2D eigenvalue weighted by Gasteiger charge is 2.35. The average molecular weight is 513 g/mol. The smallest absolute Gasteiger partial charge is 0.322 e. The number of anilines is 2. The van der Waals surface area contributed by atoms with Crippen LogP contribution in [-0.2, 0) is 12.6 Å². The predicted molar refractivity (Wildman–Crippen MR) is 125 cm³/mol. The molecule has 2 amide bonds. The number of carbonyl (C=O) groups excluding carboxylic acids is 2. The second-order valence-corrected chi connectivity index (χ2v) is 9.64. The maximum atomic E-state index is 13.2. The van der Waals surface area contributed by atoms with E-state index in [0.717, 1.165) is 42.0 Å². The Morgan fingerprint density at radius 2 is 1.76 bits per heavy atom. The first-order valence-electron chi connectivity index (χ1n) is 10.0. The highest BCUT2D eigenvalue weighted by Crippen LogP contribution is 2.38. The van der Waals surface area contributed by atoms with E-state index in [0.29, 0.717) is 10.9 Å². The summed E-state index contributed by atoms with van der Waals surface area (Å²) in [4.78, 5) is 28.4. The van der Waals surface area contributed by atoms with Crippen molar-refractivity contribution >= 4 is 57.7 Å². The van der Waals surface area contributed by atoms with E-state index in [1.165, 1.54) is 41.7 Å². The van der Waals surface area contributed by atoms with Crippen molar-refractivity contribution in [1.82, 2.24) is 0 Å². The van der Waals surface area contributed by atoms with E-state index in [1.807, 2.05) is 0 Å². The second-order valence-electron chi connectivity index (χ2n) is 7.46.